The molecule has 31 heavy (non-hydrogen) atoms. The maximum atomic E-state index is 11.5. The van der Waals surface area contributed by atoms with E-state index in [9.17, 15) is 9.90 Å². The maximum absolute atomic E-state index is 11.5. The second-order valence-corrected chi connectivity index (χ2v) is 10.1. The largest absolute Gasteiger partial charge is 0.507 e. The van der Waals surface area contributed by atoms with E-state index < -0.39 is 5.91 Å². The first-order chi connectivity index (χ1) is 14.4. The molecule has 0 saturated carbocycles. The number of amides is 1. The second-order valence-electron chi connectivity index (χ2n) is 10.1. The van der Waals surface area contributed by atoms with Gasteiger partial charge >= 0.3 is 0 Å². The van der Waals surface area contributed by atoms with Gasteiger partial charge in [0.1, 0.15) is 16.8 Å². The van der Waals surface area contributed by atoms with Gasteiger partial charge in [-0.25, -0.2) is 0 Å². The van der Waals surface area contributed by atoms with Crippen LogP contribution in [0.1, 0.15) is 59.1 Å². The molecule has 0 unspecified atom stereocenters. The van der Waals surface area contributed by atoms with Crippen LogP contribution in [0.2, 0.25) is 0 Å². The Balaban J connectivity index is 2.22. The molecule has 3 aromatic rings. The fourth-order valence-corrected chi connectivity index (χ4v) is 4.32. The van der Waals surface area contributed by atoms with Gasteiger partial charge in [0.05, 0.1) is 0 Å². The molecule has 1 aromatic heterocycles. The lowest BCUT2D eigenvalue weighted by Gasteiger charge is -2.34. The zero-order chi connectivity index (χ0) is 23.0. The molecule has 3 rings (SSSR count). The number of rotatable bonds is 6. The quantitative estimate of drug-likeness (QED) is 0.487. The number of para-hydroxylation sites is 1. The smallest absolute Gasteiger partial charge is 0.244 e. The van der Waals surface area contributed by atoms with Crippen molar-refractivity contribution in [2.24, 2.45) is 11.1 Å². The van der Waals surface area contributed by atoms with Crippen LogP contribution in [0, 0.1) is 5.41 Å². The van der Waals surface area contributed by atoms with Crippen molar-refractivity contribution < 1.29 is 9.90 Å². The molecule has 6 heteroatoms. The number of primary amides is 1. The number of H-pyrrole nitrogens is 1. The number of allylic oxidation sites excluding steroid dienone is 1. The van der Waals surface area contributed by atoms with E-state index in [0.29, 0.717) is 23.1 Å². The molecule has 0 saturated heterocycles. The maximum Gasteiger partial charge on any atom is 0.244 e. The standard InChI is InChI=1S/C25H32N4O2/c1-15(23(26)31)10-11-16-12-17(25(5,6)14-24(2,3)4)13-19(22(16)30)18-8-7-9-20-21(18)28-29-27-20/h7-10,12-13,30H,11,14H2,1-6H3,(H2,26,31)(H,27,28,29)/b15-10+. The normalized spacial score (nSPS) is 13.0. The minimum absolute atomic E-state index is 0.129. The van der Waals surface area contributed by atoms with Gasteiger partial charge in [-0.2, -0.15) is 15.4 Å². The van der Waals surface area contributed by atoms with Crippen LogP contribution >= 0.6 is 0 Å². The van der Waals surface area contributed by atoms with Gasteiger partial charge in [-0.05, 0) is 53.9 Å². The van der Waals surface area contributed by atoms with Crippen molar-refractivity contribution in [1.82, 2.24) is 15.4 Å². The number of benzene rings is 2. The number of fused-ring (bicyclic) bond motifs is 1. The van der Waals surface area contributed by atoms with Crippen molar-refractivity contribution in [3.8, 4) is 16.9 Å². The first kappa shape index (κ1) is 22.5. The molecule has 0 atom stereocenters. The number of phenols is 1. The first-order valence-corrected chi connectivity index (χ1v) is 10.5. The van der Waals surface area contributed by atoms with Crippen molar-refractivity contribution in [1.29, 1.82) is 0 Å². The second kappa shape index (κ2) is 8.17. The third-order valence-corrected chi connectivity index (χ3v) is 5.60. The Morgan fingerprint density at radius 3 is 2.48 bits per heavy atom. The van der Waals surface area contributed by atoms with Crippen LogP contribution in [0.25, 0.3) is 22.2 Å². The topological polar surface area (TPSA) is 105 Å². The number of aromatic hydroxyl groups is 1. The number of hydrogen-bond donors (Lipinski definition) is 3. The van der Waals surface area contributed by atoms with Crippen LogP contribution in [-0.2, 0) is 16.6 Å². The Morgan fingerprint density at radius 2 is 1.84 bits per heavy atom. The van der Waals surface area contributed by atoms with Crippen LogP contribution in [0.3, 0.4) is 0 Å². The minimum Gasteiger partial charge on any atom is -0.507 e. The lowest BCUT2D eigenvalue weighted by molar-refractivity contribution is -0.114. The summed E-state index contributed by atoms with van der Waals surface area (Å²) in [5, 5.41) is 22.3. The number of carbonyl (C=O) groups excluding carboxylic acids is 1. The van der Waals surface area contributed by atoms with E-state index >= 15 is 0 Å². The Hall–Kier alpha value is -3.15. The molecule has 0 aliphatic heterocycles. The number of nitrogens with one attached hydrogen (secondary N) is 1. The van der Waals surface area contributed by atoms with Gasteiger partial charge in [0.15, 0.2) is 0 Å². The highest BCUT2D eigenvalue weighted by Crippen LogP contribution is 2.43. The van der Waals surface area contributed by atoms with Crippen LogP contribution in [-0.4, -0.2) is 26.4 Å². The predicted octanol–water partition coefficient (Wildman–Crippen LogP) is 5.02. The molecule has 0 aliphatic rings. The van der Waals surface area contributed by atoms with Crippen LogP contribution in [0.5, 0.6) is 5.75 Å². The summed E-state index contributed by atoms with van der Waals surface area (Å²) in [6, 6.07) is 9.82. The third kappa shape index (κ3) is 4.95. The molecule has 0 fully saturated rings. The molecule has 2 aromatic carbocycles. The Morgan fingerprint density at radius 1 is 1.13 bits per heavy atom. The van der Waals surface area contributed by atoms with E-state index in [2.05, 4.69) is 56.1 Å². The number of aromatic nitrogens is 3. The average molecular weight is 421 g/mol. The highest BCUT2D eigenvalue weighted by Gasteiger charge is 2.29. The molecule has 164 valence electrons. The monoisotopic (exact) mass is 420 g/mol. The van der Waals surface area contributed by atoms with Crippen molar-refractivity contribution in [3.05, 3.63) is 53.1 Å². The van der Waals surface area contributed by atoms with Gasteiger partial charge < -0.3 is 10.8 Å². The highest BCUT2D eigenvalue weighted by atomic mass is 16.3. The average Bonchev–Trinajstić information content (AvgIpc) is 3.13. The molecular weight excluding hydrogens is 388 g/mol. The molecule has 0 aliphatic carbocycles. The first-order valence-electron chi connectivity index (χ1n) is 10.5. The van der Waals surface area contributed by atoms with Crippen LogP contribution < -0.4 is 5.73 Å². The summed E-state index contributed by atoms with van der Waals surface area (Å²) in [4.78, 5) is 11.5. The number of aromatic amines is 1. The van der Waals surface area contributed by atoms with Gasteiger partial charge in [-0.3, -0.25) is 4.79 Å². The summed E-state index contributed by atoms with van der Waals surface area (Å²) >= 11 is 0. The van der Waals surface area contributed by atoms with E-state index in [1.165, 1.54) is 0 Å². The third-order valence-electron chi connectivity index (χ3n) is 5.60. The zero-order valence-corrected chi connectivity index (χ0v) is 19.2. The van der Waals surface area contributed by atoms with E-state index in [-0.39, 0.29) is 16.6 Å². The van der Waals surface area contributed by atoms with Gasteiger partial charge in [-0.15, -0.1) is 0 Å². The van der Waals surface area contributed by atoms with Gasteiger partial charge in [0.25, 0.3) is 0 Å². The summed E-state index contributed by atoms with van der Waals surface area (Å²) in [5.41, 5.74) is 10.7. The van der Waals surface area contributed by atoms with E-state index in [1.54, 1.807) is 13.0 Å². The van der Waals surface area contributed by atoms with Crippen LogP contribution in [0.15, 0.2) is 42.0 Å². The summed E-state index contributed by atoms with van der Waals surface area (Å²) in [6.45, 7) is 12.8. The van der Waals surface area contributed by atoms with Gasteiger partial charge in [0, 0.05) is 16.7 Å². The van der Waals surface area contributed by atoms with Crippen molar-refractivity contribution >= 4 is 16.9 Å². The molecule has 0 radical (unpaired) electrons. The number of hydrogen-bond acceptors (Lipinski definition) is 4. The molecule has 1 heterocycles. The minimum atomic E-state index is -0.462. The van der Waals surface area contributed by atoms with Crippen molar-refractivity contribution in [2.45, 2.75) is 59.8 Å². The Bertz CT molecular complexity index is 1150. The number of nitrogens with zero attached hydrogens (tertiary/aromatic N) is 2. The summed E-state index contributed by atoms with van der Waals surface area (Å²) in [7, 11) is 0. The van der Waals surface area contributed by atoms with Gasteiger partial charge in [-0.1, -0.05) is 58.9 Å². The van der Waals surface area contributed by atoms with E-state index in [1.807, 2.05) is 24.3 Å². The van der Waals surface area contributed by atoms with E-state index in [0.717, 1.165) is 28.6 Å². The summed E-state index contributed by atoms with van der Waals surface area (Å²) in [5.74, 6) is -0.282. The summed E-state index contributed by atoms with van der Waals surface area (Å²) < 4.78 is 0. The highest BCUT2D eigenvalue weighted by molar-refractivity contribution is 5.94. The lowest BCUT2D eigenvalue weighted by atomic mass is 9.71. The molecule has 6 nitrogen and oxygen atoms in total. The SMILES string of the molecule is C/C(=C\Cc1cc(C(C)(C)CC(C)(C)C)cc(-c2cccc3n[nH]nc23)c1O)C(N)=O. The zero-order valence-electron chi connectivity index (χ0n) is 19.2. The number of phenolic OH excluding ortho intramolecular Hbond substituents is 1. The fourth-order valence-electron chi connectivity index (χ4n) is 4.32. The van der Waals surface area contributed by atoms with Crippen LogP contribution in [0.4, 0.5) is 0 Å². The molecule has 4 N–H and O–H groups in total. The Kier molecular flexibility index (Phi) is 5.94. The molecule has 0 spiro atoms. The van der Waals surface area contributed by atoms with Gasteiger partial charge in [0.2, 0.25) is 5.91 Å². The number of nitrogens with two attached hydrogens (primary N) is 1. The van der Waals surface area contributed by atoms with Crippen molar-refractivity contribution in [2.75, 3.05) is 0 Å². The molecular formula is C25H32N4O2. The van der Waals surface area contributed by atoms with E-state index in [4.69, 9.17) is 5.73 Å². The summed E-state index contributed by atoms with van der Waals surface area (Å²) in [6.07, 6.45) is 3.13. The lowest BCUT2D eigenvalue weighted by Crippen LogP contribution is -2.25. The predicted molar refractivity (Wildman–Crippen MR) is 125 cm³/mol. The number of carbonyl (C=O) groups is 1. The fraction of sp³-hybridized carbons (Fsp3) is 0.400. The van der Waals surface area contributed by atoms with Crippen molar-refractivity contribution in [3.63, 3.8) is 0 Å². The Labute approximate surface area is 183 Å². The molecule has 0 bridgehead atoms. The molecule has 1 amide bonds.